The Balaban J connectivity index is 1.78. The Kier molecular flexibility index (Phi) is 5.36. The number of carbonyl (C=O) groups is 1. The number of hydrogen-bond acceptors (Lipinski definition) is 5. The molecule has 26 heavy (non-hydrogen) atoms. The smallest absolute Gasteiger partial charge is 0.257 e. The zero-order valence-corrected chi connectivity index (χ0v) is 16.1. The molecule has 0 saturated heterocycles. The zero-order chi connectivity index (χ0) is 18.7. The summed E-state index contributed by atoms with van der Waals surface area (Å²) in [5.41, 5.74) is 1.20. The van der Waals surface area contributed by atoms with Gasteiger partial charge in [0.25, 0.3) is 5.91 Å². The molecule has 0 fully saturated rings. The number of nitrogens with zero attached hydrogens (tertiary/aromatic N) is 2. The summed E-state index contributed by atoms with van der Waals surface area (Å²) in [4.78, 5) is 16.9. The molecular weight excluding hydrogens is 370 g/mol. The molecule has 1 N–H and O–H groups in total. The lowest BCUT2D eigenvalue weighted by atomic mass is 10.2. The van der Waals surface area contributed by atoms with Gasteiger partial charge in [-0.2, -0.15) is 4.31 Å². The van der Waals surface area contributed by atoms with Crippen LogP contribution < -0.4 is 5.32 Å². The monoisotopic (exact) mass is 389 g/mol. The highest BCUT2D eigenvalue weighted by atomic mass is 32.2. The number of para-hydroxylation sites is 1. The molecule has 3 rings (SSSR count). The lowest BCUT2D eigenvalue weighted by Gasteiger charge is -2.18. The maximum Gasteiger partial charge on any atom is 0.257 e. The molecule has 6 nitrogen and oxygen atoms in total. The Bertz CT molecular complexity index is 990. The van der Waals surface area contributed by atoms with Gasteiger partial charge in [-0.3, -0.25) is 10.1 Å². The van der Waals surface area contributed by atoms with Crippen molar-refractivity contribution in [3.8, 4) is 0 Å². The summed E-state index contributed by atoms with van der Waals surface area (Å²) in [7, 11) is -3.53. The van der Waals surface area contributed by atoms with Gasteiger partial charge in [-0.1, -0.05) is 37.3 Å². The molecule has 1 aromatic heterocycles. The van der Waals surface area contributed by atoms with E-state index in [1.54, 1.807) is 13.8 Å². The highest BCUT2D eigenvalue weighted by Crippen LogP contribution is 2.26. The predicted molar refractivity (Wildman–Crippen MR) is 104 cm³/mol. The van der Waals surface area contributed by atoms with Crippen molar-refractivity contribution < 1.29 is 13.2 Å². The van der Waals surface area contributed by atoms with Gasteiger partial charge in [-0.05, 0) is 36.4 Å². The maximum absolute atomic E-state index is 12.5. The van der Waals surface area contributed by atoms with E-state index >= 15 is 0 Å². The van der Waals surface area contributed by atoms with Gasteiger partial charge >= 0.3 is 0 Å². The normalized spacial score (nSPS) is 11.8. The van der Waals surface area contributed by atoms with Crippen molar-refractivity contribution in [2.45, 2.75) is 18.7 Å². The lowest BCUT2D eigenvalue weighted by molar-refractivity contribution is 0.102. The summed E-state index contributed by atoms with van der Waals surface area (Å²) in [5, 5.41) is 3.27. The van der Waals surface area contributed by atoms with Crippen molar-refractivity contribution >= 4 is 42.6 Å². The molecule has 0 atom stereocenters. The Morgan fingerprint density at radius 2 is 1.73 bits per heavy atom. The van der Waals surface area contributed by atoms with Crippen molar-refractivity contribution in [3.05, 3.63) is 54.1 Å². The van der Waals surface area contributed by atoms with E-state index in [4.69, 9.17) is 0 Å². The molecular formula is C18H19N3O3S2. The number of amides is 1. The molecule has 1 heterocycles. The van der Waals surface area contributed by atoms with Crippen LogP contribution >= 0.6 is 11.3 Å². The number of aromatic nitrogens is 1. The number of sulfonamides is 1. The average Bonchev–Trinajstić information content (AvgIpc) is 3.04. The second-order valence-electron chi connectivity index (χ2n) is 5.55. The molecule has 0 unspecified atom stereocenters. The molecule has 2 aromatic carbocycles. The van der Waals surface area contributed by atoms with Crippen LogP contribution in [0.25, 0.3) is 10.2 Å². The van der Waals surface area contributed by atoms with E-state index in [1.165, 1.54) is 39.9 Å². The molecule has 0 bridgehead atoms. The van der Waals surface area contributed by atoms with Gasteiger partial charge in [0.1, 0.15) is 0 Å². The molecule has 0 saturated carbocycles. The van der Waals surface area contributed by atoms with Gasteiger partial charge < -0.3 is 0 Å². The van der Waals surface area contributed by atoms with Crippen LogP contribution in [0.15, 0.2) is 53.4 Å². The number of carbonyl (C=O) groups excluding carboxylic acids is 1. The minimum Gasteiger partial charge on any atom is -0.298 e. The number of rotatable bonds is 6. The largest absolute Gasteiger partial charge is 0.298 e. The Morgan fingerprint density at radius 1 is 1.08 bits per heavy atom. The third-order valence-corrected chi connectivity index (χ3v) is 6.99. The lowest BCUT2D eigenvalue weighted by Crippen LogP contribution is -2.30. The third-order valence-electron chi connectivity index (χ3n) is 3.97. The number of fused-ring (bicyclic) bond motifs is 1. The number of benzene rings is 2. The van der Waals surface area contributed by atoms with Crippen LogP contribution in [0.1, 0.15) is 24.2 Å². The van der Waals surface area contributed by atoms with Crippen LogP contribution in [-0.2, 0) is 10.0 Å². The third kappa shape index (κ3) is 3.62. The molecule has 0 aliphatic heterocycles. The summed E-state index contributed by atoms with van der Waals surface area (Å²) in [5.74, 6) is -0.323. The van der Waals surface area contributed by atoms with Crippen LogP contribution in [0, 0.1) is 0 Å². The molecule has 136 valence electrons. The Morgan fingerprint density at radius 3 is 2.35 bits per heavy atom. The SMILES string of the molecule is CCN(CC)S(=O)(=O)c1ccc(C(=O)Nc2nc3ccccc3s2)cc1. The molecule has 3 aromatic rings. The van der Waals surface area contributed by atoms with E-state index in [1.807, 2.05) is 24.3 Å². The Hall–Kier alpha value is -2.29. The van der Waals surface area contributed by atoms with Crippen LogP contribution in [0.3, 0.4) is 0 Å². The first kappa shape index (κ1) is 18.5. The van der Waals surface area contributed by atoms with Gasteiger partial charge in [0.05, 0.1) is 15.1 Å². The summed E-state index contributed by atoms with van der Waals surface area (Å²) in [6.07, 6.45) is 0. The number of anilines is 1. The molecule has 0 spiro atoms. The van der Waals surface area contributed by atoms with Crippen LogP contribution in [-0.4, -0.2) is 36.7 Å². The fraction of sp³-hybridized carbons (Fsp3) is 0.222. The van der Waals surface area contributed by atoms with Gasteiger partial charge in [-0.25, -0.2) is 13.4 Å². The standard InChI is InChI=1S/C18H19N3O3S2/c1-3-21(4-2)26(23,24)14-11-9-13(10-12-14)17(22)20-18-19-15-7-5-6-8-16(15)25-18/h5-12H,3-4H2,1-2H3,(H,19,20,22). The molecule has 0 aliphatic rings. The van der Waals surface area contributed by atoms with Crippen molar-refractivity contribution in [1.82, 2.24) is 9.29 Å². The second kappa shape index (κ2) is 7.53. The summed E-state index contributed by atoms with van der Waals surface area (Å²) >= 11 is 1.39. The zero-order valence-electron chi connectivity index (χ0n) is 14.5. The van der Waals surface area contributed by atoms with E-state index in [0.717, 1.165) is 10.2 Å². The average molecular weight is 390 g/mol. The predicted octanol–water partition coefficient (Wildman–Crippen LogP) is 3.58. The van der Waals surface area contributed by atoms with E-state index in [-0.39, 0.29) is 10.8 Å². The van der Waals surface area contributed by atoms with Crippen molar-refractivity contribution in [3.63, 3.8) is 0 Å². The van der Waals surface area contributed by atoms with E-state index in [2.05, 4.69) is 10.3 Å². The quantitative estimate of drug-likeness (QED) is 0.699. The number of thiazole rings is 1. The first-order chi connectivity index (χ1) is 12.5. The van der Waals surface area contributed by atoms with Gasteiger partial charge in [-0.15, -0.1) is 0 Å². The maximum atomic E-state index is 12.5. The second-order valence-corrected chi connectivity index (χ2v) is 8.52. The minimum atomic E-state index is -3.53. The van der Waals surface area contributed by atoms with Crippen molar-refractivity contribution in [2.24, 2.45) is 0 Å². The van der Waals surface area contributed by atoms with E-state index in [0.29, 0.717) is 23.8 Å². The number of nitrogens with one attached hydrogen (secondary N) is 1. The van der Waals surface area contributed by atoms with E-state index < -0.39 is 10.0 Å². The van der Waals surface area contributed by atoms with Gasteiger partial charge in [0.15, 0.2) is 5.13 Å². The summed E-state index contributed by atoms with van der Waals surface area (Å²) < 4.78 is 27.3. The van der Waals surface area contributed by atoms with E-state index in [9.17, 15) is 13.2 Å². The summed E-state index contributed by atoms with van der Waals surface area (Å²) in [6.45, 7) is 4.39. The van der Waals surface area contributed by atoms with Crippen LogP contribution in [0.2, 0.25) is 0 Å². The number of hydrogen-bond donors (Lipinski definition) is 1. The highest BCUT2D eigenvalue weighted by molar-refractivity contribution is 7.89. The fourth-order valence-corrected chi connectivity index (χ4v) is 4.90. The van der Waals surface area contributed by atoms with Crippen molar-refractivity contribution in [2.75, 3.05) is 18.4 Å². The first-order valence-electron chi connectivity index (χ1n) is 8.23. The topological polar surface area (TPSA) is 79.4 Å². The molecule has 0 aliphatic carbocycles. The minimum absolute atomic E-state index is 0.178. The molecule has 8 heteroatoms. The summed E-state index contributed by atoms with van der Waals surface area (Å²) in [6, 6.07) is 13.6. The van der Waals surface area contributed by atoms with Gasteiger partial charge in [0, 0.05) is 18.7 Å². The van der Waals surface area contributed by atoms with Crippen molar-refractivity contribution in [1.29, 1.82) is 0 Å². The molecule has 0 radical (unpaired) electrons. The Labute approximate surface area is 156 Å². The highest BCUT2D eigenvalue weighted by Gasteiger charge is 2.21. The molecule has 1 amide bonds. The van der Waals surface area contributed by atoms with Crippen LogP contribution in [0.5, 0.6) is 0 Å². The fourth-order valence-electron chi connectivity index (χ4n) is 2.59. The first-order valence-corrected chi connectivity index (χ1v) is 10.5. The van der Waals surface area contributed by atoms with Gasteiger partial charge in [0.2, 0.25) is 10.0 Å². The van der Waals surface area contributed by atoms with Crippen LogP contribution in [0.4, 0.5) is 5.13 Å².